The van der Waals surface area contributed by atoms with Crippen LogP contribution in [0.1, 0.15) is 123 Å². The molecule has 4 saturated heterocycles. The number of likely N-dealkylation sites (tertiary alicyclic amines) is 3. The summed E-state index contributed by atoms with van der Waals surface area (Å²) in [5.41, 5.74) is 1.98. The first-order valence-corrected chi connectivity index (χ1v) is 27.5. The fraction of sp³-hybridized carbons (Fsp3) is 0.534. The number of piperazine rings is 1. The van der Waals surface area contributed by atoms with Crippen molar-refractivity contribution in [1.82, 2.24) is 39.3 Å². The van der Waals surface area contributed by atoms with Gasteiger partial charge in [-0.15, -0.1) is 0 Å². The molecule has 0 spiro atoms. The molecule has 16 heteroatoms. The van der Waals surface area contributed by atoms with Gasteiger partial charge in [-0.25, -0.2) is 9.49 Å². The van der Waals surface area contributed by atoms with Crippen molar-refractivity contribution < 1.29 is 28.3 Å². The van der Waals surface area contributed by atoms with Gasteiger partial charge in [0.1, 0.15) is 11.9 Å². The maximum atomic E-state index is 15.1. The molecule has 11 rings (SSSR count). The summed E-state index contributed by atoms with van der Waals surface area (Å²) in [5, 5.41) is 9.51. The van der Waals surface area contributed by atoms with E-state index in [1.165, 1.54) is 6.07 Å². The van der Waals surface area contributed by atoms with Crippen LogP contribution in [0.3, 0.4) is 0 Å². The van der Waals surface area contributed by atoms with Gasteiger partial charge in [0.15, 0.2) is 0 Å². The van der Waals surface area contributed by atoms with Gasteiger partial charge < -0.3 is 28.9 Å². The lowest BCUT2D eigenvalue weighted by Gasteiger charge is -2.40. The first-order valence-electron chi connectivity index (χ1n) is 27.5. The Hall–Kier alpha value is -6.26. The number of nitrogens with one attached hydrogen (secondary N) is 1. The molecule has 6 heterocycles. The van der Waals surface area contributed by atoms with Crippen LogP contribution in [-0.2, 0) is 25.5 Å². The number of fused-ring (bicyclic) bond motifs is 2. The van der Waals surface area contributed by atoms with Crippen LogP contribution in [0.2, 0.25) is 0 Å². The van der Waals surface area contributed by atoms with Crippen molar-refractivity contribution in [1.29, 1.82) is 0 Å². The van der Waals surface area contributed by atoms with E-state index in [0.29, 0.717) is 79.7 Å². The number of pyridine rings is 1. The van der Waals surface area contributed by atoms with Gasteiger partial charge in [-0.2, -0.15) is 5.10 Å². The van der Waals surface area contributed by atoms with Gasteiger partial charge >= 0.3 is 0 Å². The first kappa shape index (κ1) is 49.9. The summed E-state index contributed by atoms with van der Waals surface area (Å²) in [6.07, 6.45) is 14.4. The number of carbonyl (C=O) groups excluding carboxylic acids is 4. The van der Waals surface area contributed by atoms with Crippen LogP contribution in [0.15, 0.2) is 82.5 Å². The monoisotopic (exact) mass is 1010 g/mol. The summed E-state index contributed by atoms with van der Waals surface area (Å²) in [5.74, 6) is -0.221. The summed E-state index contributed by atoms with van der Waals surface area (Å²) < 4.78 is 23.6. The zero-order chi connectivity index (χ0) is 50.9. The van der Waals surface area contributed by atoms with Gasteiger partial charge in [-0.3, -0.25) is 33.7 Å². The molecule has 3 aromatic carbocycles. The highest BCUT2D eigenvalue weighted by molar-refractivity contribution is 5.95. The van der Waals surface area contributed by atoms with Crippen molar-refractivity contribution in [3.63, 3.8) is 0 Å². The standard InChI is InChI=1S/C58H69FN8O7/c59-50-17-12-38(34-51-46-10-4-5-11-47(46)54(69)61-60-51)33-49(50)56(71)65-31-29-63(30-32-65)52(68)37-62-24-19-44(20-25-62)74-45-21-26-64(27-22-45)58(73)53(40-7-2-1-3-8-40)67-28-18-39-13-16-42(35-48(39)57(67)72)43-9-6-23-66(36-43)55(70)41-14-15-41/h4-5,10-13,16-18,28,33,35,40-41,43-45,53H,1-3,6-9,14-15,19-27,29-32,34,36-37H2,(H,61,69)/t43?,53-/m1/s1. The van der Waals surface area contributed by atoms with Gasteiger partial charge in [-0.1, -0.05) is 55.7 Å². The van der Waals surface area contributed by atoms with Gasteiger partial charge in [0, 0.05) is 101 Å². The maximum Gasteiger partial charge on any atom is 0.272 e. The highest BCUT2D eigenvalue weighted by Crippen LogP contribution is 2.37. The number of halogens is 1. The lowest BCUT2D eigenvalue weighted by Crippen LogP contribution is -2.53. The molecule has 2 aromatic heterocycles. The third kappa shape index (κ3) is 10.8. The van der Waals surface area contributed by atoms with Crippen molar-refractivity contribution >= 4 is 45.2 Å². The fourth-order valence-corrected chi connectivity index (χ4v) is 12.6. The van der Waals surface area contributed by atoms with Gasteiger partial charge in [-0.05, 0) is 117 Å². The summed E-state index contributed by atoms with van der Waals surface area (Å²) in [6.45, 7) is 5.76. The highest BCUT2D eigenvalue weighted by Gasteiger charge is 2.39. The van der Waals surface area contributed by atoms with Gasteiger partial charge in [0.05, 0.1) is 35.4 Å². The summed E-state index contributed by atoms with van der Waals surface area (Å²) in [6, 6.07) is 19.3. The number of piperidine rings is 3. The molecule has 4 aliphatic heterocycles. The average molecular weight is 1010 g/mol. The van der Waals surface area contributed by atoms with E-state index in [2.05, 4.69) is 21.2 Å². The topological polar surface area (TPSA) is 161 Å². The second-order valence-electron chi connectivity index (χ2n) is 22.0. The number of carbonyl (C=O) groups is 4. The second kappa shape index (κ2) is 21.9. The first-order chi connectivity index (χ1) is 36.0. The van der Waals surface area contributed by atoms with Crippen LogP contribution in [0.25, 0.3) is 21.5 Å². The molecule has 4 amide bonds. The lowest BCUT2D eigenvalue weighted by molar-refractivity contribution is -0.141. The van der Waals surface area contributed by atoms with Gasteiger partial charge in [0.2, 0.25) is 17.7 Å². The number of ether oxygens (including phenoxy) is 1. The van der Waals surface area contributed by atoms with Crippen molar-refractivity contribution in [2.75, 3.05) is 72.0 Å². The second-order valence-corrected chi connectivity index (χ2v) is 22.0. The lowest BCUT2D eigenvalue weighted by atomic mass is 9.82. The summed E-state index contributed by atoms with van der Waals surface area (Å²) in [4.78, 5) is 91.2. The Bertz CT molecular complexity index is 3020. The zero-order valence-corrected chi connectivity index (χ0v) is 42.4. The van der Waals surface area contributed by atoms with Crippen molar-refractivity contribution in [2.24, 2.45) is 11.8 Å². The Morgan fingerprint density at radius 1 is 0.676 bits per heavy atom. The number of hydrogen-bond donors (Lipinski definition) is 1. The number of aromatic amines is 1. The van der Waals surface area contributed by atoms with Crippen molar-refractivity contribution in [2.45, 2.75) is 114 Å². The van der Waals surface area contributed by atoms with Crippen LogP contribution >= 0.6 is 0 Å². The van der Waals surface area contributed by atoms with E-state index >= 15 is 4.39 Å². The van der Waals surface area contributed by atoms with E-state index in [0.717, 1.165) is 114 Å². The molecular weight excluding hydrogens is 940 g/mol. The molecule has 6 fully saturated rings. The van der Waals surface area contributed by atoms with E-state index in [9.17, 15) is 28.8 Å². The van der Waals surface area contributed by atoms with Crippen molar-refractivity contribution in [3.8, 4) is 0 Å². The number of H-pyrrole nitrogens is 1. The maximum absolute atomic E-state index is 15.1. The molecule has 390 valence electrons. The SMILES string of the molecule is O=C(CN1CCC(OC2CCN(C(=O)[C@@H](C3CCCCC3)n3ccc4ccc(C5CCCN(C(=O)C6CC6)C5)cc4c3=O)CC2)CC1)N1CCN(C(=O)c2cc(Cc3n[nH]c(=O)c4ccccc34)ccc2F)CC1. The molecule has 2 aliphatic carbocycles. The van der Waals surface area contributed by atoms with E-state index in [4.69, 9.17) is 4.74 Å². The predicted octanol–water partition coefficient (Wildman–Crippen LogP) is 6.66. The quantitative estimate of drug-likeness (QED) is 0.144. The van der Waals surface area contributed by atoms with E-state index in [1.807, 2.05) is 46.3 Å². The minimum Gasteiger partial charge on any atom is -0.375 e. The molecule has 1 N–H and O–H groups in total. The smallest absolute Gasteiger partial charge is 0.272 e. The number of aromatic nitrogens is 3. The van der Waals surface area contributed by atoms with Crippen molar-refractivity contribution in [3.05, 3.63) is 122 Å². The molecule has 2 saturated carbocycles. The Morgan fingerprint density at radius 2 is 1.39 bits per heavy atom. The number of hydrogen-bond acceptors (Lipinski definition) is 9. The minimum atomic E-state index is -0.611. The van der Waals surface area contributed by atoms with Gasteiger partial charge in [0.25, 0.3) is 17.0 Å². The number of amides is 4. The predicted molar refractivity (Wildman–Crippen MR) is 279 cm³/mol. The number of rotatable bonds is 12. The Morgan fingerprint density at radius 3 is 2.14 bits per heavy atom. The van der Waals surface area contributed by atoms with Crippen LogP contribution in [-0.4, -0.2) is 147 Å². The number of nitrogens with zero attached hydrogens (tertiary/aromatic N) is 7. The molecule has 74 heavy (non-hydrogen) atoms. The van der Waals surface area contributed by atoms with Crippen LogP contribution < -0.4 is 11.1 Å². The molecular formula is C58H69FN8O7. The molecule has 5 aromatic rings. The molecule has 0 radical (unpaired) electrons. The minimum absolute atomic E-state index is 0.0122. The number of benzene rings is 3. The summed E-state index contributed by atoms with van der Waals surface area (Å²) >= 11 is 0. The zero-order valence-electron chi connectivity index (χ0n) is 42.4. The Balaban J connectivity index is 0.646. The highest BCUT2D eigenvalue weighted by atomic mass is 19.1. The fourth-order valence-electron chi connectivity index (χ4n) is 12.6. The molecule has 1 unspecified atom stereocenters. The Kier molecular flexibility index (Phi) is 14.8. The third-order valence-electron chi connectivity index (χ3n) is 17.1. The third-order valence-corrected chi connectivity index (χ3v) is 17.1. The largest absolute Gasteiger partial charge is 0.375 e. The van der Waals surface area contributed by atoms with E-state index in [1.54, 1.807) is 38.6 Å². The van der Waals surface area contributed by atoms with E-state index < -0.39 is 17.8 Å². The summed E-state index contributed by atoms with van der Waals surface area (Å²) in [7, 11) is 0. The molecule has 6 aliphatic rings. The van der Waals surface area contributed by atoms with E-state index in [-0.39, 0.29) is 70.9 Å². The normalized spacial score (nSPS) is 21.3. The molecule has 0 bridgehead atoms. The van der Waals surface area contributed by atoms with Crippen LogP contribution in [0.4, 0.5) is 4.39 Å². The molecule has 15 nitrogen and oxygen atoms in total. The Labute approximate surface area is 431 Å². The van der Waals surface area contributed by atoms with Crippen LogP contribution in [0, 0.1) is 17.7 Å². The average Bonchev–Trinajstić information content (AvgIpc) is 4.30. The molecule has 2 atom stereocenters. The van der Waals surface area contributed by atoms with Crippen LogP contribution in [0.5, 0.6) is 0 Å².